The number of ether oxygens (including phenoxy) is 1. The Kier molecular flexibility index (Phi) is 6.57. The maximum absolute atomic E-state index is 12.4. The van der Waals surface area contributed by atoms with E-state index in [2.05, 4.69) is 24.5 Å². The zero-order valence-electron chi connectivity index (χ0n) is 14.9. The third-order valence-corrected chi connectivity index (χ3v) is 4.04. The molecule has 0 saturated carbocycles. The van der Waals surface area contributed by atoms with Crippen molar-refractivity contribution in [1.82, 2.24) is 0 Å². The molecule has 1 amide bonds. The lowest BCUT2D eigenvalue weighted by molar-refractivity contribution is -0.114. The SMILES string of the molecule is CCc1cccc(CC)c1NC(=O)CNc1ccccc1C(=O)OC. The summed E-state index contributed by atoms with van der Waals surface area (Å²) in [5.41, 5.74) is 4.09. The van der Waals surface area contributed by atoms with Crippen molar-refractivity contribution in [2.75, 3.05) is 24.3 Å². The van der Waals surface area contributed by atoms with E-state index in [9.17, 15) is 9.59 Å². The molecule has 0 aromatic heterocycles. The molecule has 0 fully saturated rings. The first kappa shape index (κ1) is 18.5. The van der Waals surface area contributed by atoms with Crippen LogP contribution >= 0.6 is 0 Å². The summed E-state index contributed by atoms with van der Waals surface area (Å²) >= 11 is 0. The minimum Gasteiger partial charge on any atom is -0.465 e. The Morgan fingerprint density at radius 3 is 2.20 bits per heavy atom. The molecule has 0 unspecified atom stereocenters. The number of aryl methyl sites for hydroxylation is 2. The summed E-state index contributed by atoms with van der Waals surface area (Å²) in [7, 11) is 1.33. The van der Waals surface area contributed by atoms with E-state index < -0.39 is 5.97 Å². The Balaban J connectivity index is 2.09. The summed E-state index contributed by atoms with van der Waals surface area (Å²) in [6.45, 7) is 4.19. The number of benzene rings is 2. The number of carbonyl (C=O) groups is 2. The fraction of sp³-hybridized carbons (Fsp3) is 0.300. The minimum atomic E-state index is -0.437. The van der Waals surface area contributed by atoms with E-state index in [-0.39, 0.29) is 12.5 Å². The molecule has 5 nitrogen and oxygen atoms in total. The molecule has 132 valence electrons. The molecule has 0 aliphatic heterocycles. The van der Waals surface area contributed by atoms with Gasteiger partial charge in [-0.2, -0.15) is 0 Å². The molecule has 0 aliphatic rings. The highest BCUT2D eigenvalue weighted by molar-refractivity contribution is 5.98. The van der Waals surface area contributed by atoms with Gasteiger partial charge in [-0.3, -0.25) is 4.79 Å². The fourth-order valence-electron chi connectivity index (χ4n) is 2.69. The van der Waals surface area contributed by atoms with Gasteiger partial charge in [0.05, 0.1) is 19.2 Å². The van der Waals surface area contributed by atoms with Crippen LogP contribution in [0, 0.1) is 0 Å². The molecule has 2 aromatic rings. The van der Waals surface area contributed by atoms with Crippen molar-refractivity contribution in [3.63, 3.8) is 0 Å². The predicted molar refractivity (Wildman–Crippen MR) is 100 cm³/mol. The van der Waals surface area contributed by atoms with Crippen molar-refractivity contribution in [1.29, 1.82) is 0 Å². The van der Waals surface area contributed by atoms with E-state index in [4.69, 9.17) is 4.74 Å². The van der Waals surface area contributed by atoms with Crippen molar-refractivity contribution in [3.05, 3.63) is 59.2 Å². The molecule has 2 rings (SSSR count). The smallest absolute Gasteiger partial charge is 0.339 e. The molecule has 5 heteroatoms. The molecular weight excluding hydrogens is 316 g/mol. The maximum atomic E-state index is 12.4. The quantitative estimate of drug-likeness (QED) is 0.755. The molecule has 0 aliphatic carbocycles. The zero-order valence-corrected chi connectivity index (χ0v) is 14.9. The average molecular weight is 340 g/mol. The van der Waals surface area contributed by atoms with Crippen molar-refractivity contribution in [3.8, 4) is 0 Å². The third kappa shape index (κ3) is 4.59. The first-order valence-corrected chi connectivity index (χ1v) is 8.42. The van der Waals surface area contributed by atoms with Gasteiger partial charge in [-0.1, -0.05) is 44.2 Å². The fourth-order valence-corrected chi connectivity index (χ4v) is 2.69. The molecule has 0 radical (unpaired) electrons. The molecule has 0 spiro atoms. The molecular formula is C20H24N2O3. The number of hydrogen-bond donors (Lipinski definition) is 2. The average Bonchev–Trinajstić information content (AvgIpc) is 2.66. The molecule has 0 saturated heterocycles. The van der Waals surface area contributed by atoms with Gasteiger partial charge in [-0.05, 0) is 36.1 Å². The van der Waals surface area contributed by atoms with Gasteiger partial charge in [-0.25, -0.2) is 4.79 Å². The van der Waals surface area contributed by atoms with Crippen molar-refractivity contribution >= 4 is 23.3 Å². The first-order chi connectivity index (χ1) is 12.1. The number of amides is 1. The van der Waals surface area contributed by atoms with E-state index in [0.29, 0.717) is 11.3 Å². The van der Waals surface area contributed by atoms with Crippen LogP contribution in [0.4, 0.5) is 11.4 Å². The second-order valence-electron chi connectivity index (χ2n) is 5.60. The van der Waals surface area contributed by atoms with Gasteiger partial charge in [0.1, 0.15) is 0 Å². The largest absolute Gasteiger partial charge is 0.465 e. The van der Waals surface area contributed by atoms with E-state index in [1.54, 1.807) is 24.3 Å². The number of hydrogen-bond acceptors (Lipinski definition) is 4. The van der Waals surface area contributed by atoms with Crippen molar-refractivity contribution < 1.29 is 14.3 Å². The summed E-state index contributed by atoms with van der Waals surface area (Å²) in [5, 5.41) is 6.01. The van der Waals surface area contributed by atoms with Gasteiger partial charge < -0.3 is 15.4 Å². The van der Waals surface area contributed by atoms with E-state index in [0.717, 1.165) is 29.7 Å². The van der Waals surface area contributed by atoms with Crippen LogP contribution in [0.25, 0.3) is 0 Å². The summed E-state index contributed by atoms with van der Waals surface area (Å²) in [4.78, 5) is 24.2. The lowest BCUT2D eigenvalue weighted by Crippen LogP contribution is -2.24. The van der Waals surface area contributed by atoms with Crippen molar-refractivity contribution in [2.45, 2.75) is 26.7 Å². The van der Waals surface area contributed by atoms with Crippen LogP contribution < -0.4 is 10.6 Å². The molecule has 25 heavy (non-hydrogen) atoms. The highest BCUT2D eigenvalue weighted by Gasteiger charge is 2.13. The van der Waals surface area contributed by atoms with Gasteiger partial charge in [0.15, 0.2) is 0 Å². The highest BCUT2D eigenvalue weighted by atomic mass is 16.5. The predicted octanol–water partition coefficient (Wildman–Crippen LogP) is 3.65. The number of esters is 1. The first-order valence-electron chi connectivity index (χ1n) is 8.42. The summed E-state index contributed by atoms with van der Waals surface area (Å²) in [5.74, 6) is -0.594. The van der Waals surface area contributed by atoms with Gasteiger partial charge >= 0.3 is 5.97 Å². The monoisotopic (exact) mass is 340 g/mol. The number of methoxy groups -OCH3 is 1. The zero-order chi connectivity index (χ0) is 18.2. The Morgan fingerprint density at radius 1 is 0.960 bits per heavy atom. The topological polar surface area (TPSA) is 67.4 Å². The summed E-state index contributed by atoms with van der Waals surface area (Å²) < 4.78 is 4.76. The number of rotatable bonds is 7. The van der Waals surface area contributed by atoms with E-state index >= 15 is 0 Å². The Bertz CT molecular complexity index is 734. The molecule has 2 N–H and O–H groups in total. The normalized spacial score (nSPS) is 10.2. The Hall–Kier alpha value is -2.82. The number of nitrogens with one attached hydrogen (secondary N) is 2. The molecule has 0 atom stereocenters. The van der Waals surface area contributed by atoms with E-state index in [1.807, 2.05) is 18.2 Å². The van der Waals surface area contributed by atoms with Crippen LogP contribution in [-0.2, 0) is 22.4 Å². The number of anilines is 2. The van der Waals surface area contributed by atoms with Crippen LogP contribution in [0.5, 0.6) is 0 Å². The van der Waals surface area contributed by atoms with Gasteiger partial charge in [-0.15, -0.1) is 0 Å². The summed E-state index contributed by atoms with van der Waals surface area (Å²) in [6, 6.07) is 13.0. The van der Waals surface area contributed by atoms with Crippen LogP contribution in [0.1, 0.15) is 35.3 Å². The van der Waals surface area contributed by atoms with Gasteiger partial charge in [0.25, 0.3) is 0 Å². The standard InChI is InChI=1S/C20H24N2O3/c1-4-14-9-8-10-15(5-2)19(14)22-18(23)13-21-17-12-7-6-11-16(17)20(24)25-3/h6-12,21H,4-5,13H2,1-3H3,(H,22,23). The maximum Gasteiger partial charge on any atom is 0.339 e. The lowest BCUT2D eigenvalue weighted by atomic mass is 10.0. The summed E-state index contributed by atoms with van der Waals surface area (Å²) in [6.07, 6.45) is 1.70. The third-order valence-electron chi connectivity index (χ3n) is 4.04. The Labute approximate surface area is 148 Å². The second-order valence-corrected chi connectivity index (χ2v) is 5.60. The molecule has 0 heterocycles. The van der Waals surface area contributed by atoms with Crippen molar-refractivity contribution in [2.24, 2.45) is 0 Å². The number of para-hydroxylation sites is 2. The highest BCUT2D eigenvalue weighted by Crippen LogP contribution is 2.22. The second kappa shape index (κ2) is 8.87. The molecule has 2 aromatic carbocycles. The van der Waals surface area contributed by atoms with Crippen LogP contribution in [0.15, 0.2) is 42.5 Å². The van der Waals surface area contributed by atoms with Crippen LogP contribution in [0.3, 0.4) is 0 Å². The Morgan fingerprint density at radius 2 is 1.60 bits per heavy atom. The number of carbonyl (C=O) groups excluding carboxylic acids is 2. The van der Waals surface area contributed by atoms with E-state index in [1.165, 1.54) is 7.11 Å². The lowest BCUT2D eigenvalue weighted by Gasteiger charge is -2.15. The van der Waals surface area contributed by atoms with Crippen LogP contribution in [0.2, 0.25) is 0 Å². The van der Waals surface area contributed by atoms with Crippen LogP contribution in [-0.4, -0.2) is 25.5 Å². The van der Waals surface area contributed by atoms with Gasteiger partial charge in [0, 0.05) is 11.4 Å². The minimum absolute atomic E-state index is 0.0647. The molecule has 0 bridgehead atoms. The van der Waals surface area contributed by atoms with Gasteiger partial charge in [0.2, 0.25) is 5.91 Å².